The summed E-state index contributed by atoms with van der Waals surface area (Å²) in [6.07, 6.45) is 14.0. The molecule has 0 N–H and O–H groups in total. The Kier molecular flexibility index (Phi) is 10.0. The van der Waals surface area contributed by atoms with Gasteiger partial charge in [0, 0.05) is 36.4 Å². The third-order valence-electron chi connectivity index (χ3n) is 8.62. The SMILES string of the molecule is COc1ccc2c(c1)OCC(C)(c1cccnc1)C2CCCCCCCCCO[Si](C)(C)C(C)(C)C. The summed E-state index contributed by atoms with van der Waals surface area (Å²) in [6.45, 7) is 15.6. The maximum absolute atomic E-state index is 6.32. The van der Waals surface area contributed by atoms with Crippen LogP contribution in [0.2, 0.25) is 18.1 Å². The molecule has 200 valence electrons. The standard InChI is InChI=1S/C31H49NO3Si/c1-30(2,3)36(6,7)35-21-14-12-10-8-9-11-13-17-28-27-19-18-26(33-5)22-29(27)34-24-31(28,4)25-16-15-20-32-23-25/h15-16,18-20,22-23,28H,8-14,17,21,24H2,1-7H3. The minimum atomic E-state index is -1.59. The van der Waals surface area contributed by atoms with Crippen LogP contribution in [0.5, 0.6) is 11.5 Å². The Labute approximate surface area is 221 Å². The Morgan fingerprint density at radius 2 is 1.72 bits per heavy atom. The van der Waals surface area contributed by atoms with Crippen LogP contribution in [-0.4, -0.2) is 33.6 Å². The van der Waals surface area contributed by atoms with E-state index in [9.17, 15) is 0 Å². The fourth-order valence-electron chi connectivity index (χ4n) is 5.06. The Balaban J connectivity index is 1.47. The second kappa shape index (κ2) is 12.6. The van der Waals surface area contributed by atoms with Crippen LogP contribution in [0.3, 0.4) is 0 Å². The van der Waals surface area contributed by atoms with Crippen LogP contribution in [0.15, 0.2) is 42.7 Å². The Morgan fingerprint density at radius 1 is 1.03 bits per heavy atom. The van der Waals surface area contributed by atoms with E-state index in [1.807, 2.05) is 24.5 Å². The number of unbranched alkanes of at least 4 members (excludes halogenated alkanes) is 6. The lowest BCUT2D eigenvalue weighted by Gasteiger charge is -2.43. The molecule has 4 nitrogen and oxygen atoms in total. The van der Waals surface area contributed by atoms with Crippen LogP contribution in [-0.2, 0) is 9.84 Å². The second-order valence-electron chi connectivity index (χ2n) is 12.3. The topological polar surface area (TPSA) is 40.6 Å². The monoisotopic (exact) mass is 511 g/mol. The van der Waals surface area contributed by atoms with Gasteiger partial charge in [-0.3, -0.25) is 4.98 Å². The third-order valence-corrected chi connectivity index (χ3v) is 13.2. The molecule has 5 heteroatoms. The third kappa shape index (κ3) is 7.13. The zero-order chi connectivity index (χ0) is 26.2. The van der Waals surface area contributed by atoms with E-state index in [-0.39, 0.29) is 5.41 Å². The number of hydrogen-bond acceptors (Lipinski definition) is 4. The summed E-state index contributed by atoms with van der Waals surface area (Å²) in [6, 6.07) is 10.6. The van der Waals surface area contributed by atoms with Gasteiger partial charge in [0.2, 0.25) is 0 Å². The van der Waals surface area contributed by atoms with Crippen molar-refractivity contribution >= 4 is 8.32 Å². The number of aromatic nitrogens is 1. The van der Waals surface area contributed by atoms with Crippen molar-refractivity contribution < 1.29 is 13.9 Å². The lowest BCUT2D eigenvalue weighted by Crippen LogP contribution is -2.40. The molecule has 0 amide bonds. The highest BCUT2D eigenvalue weighted by Crippen LogP contribution is 2.49. The first kappa shape index (κ1) is 28.7. The van der Waals surface area contributed by atoms with Crippen molar-refractivity contribution in [2.45, 2.75) is 109 Å². The molecule has 0 radical (unpaired) electrons. The Hall–Kier alpha value is -1.85. The van der Waals surface area contributed by atoms with Crippen LogP contribution in [0.25, 0.3) is 0 Å². The molecule has 36 heavy (non-hydrogen) atoms. The lowest BCUT2D eigenvalue weighted by atomic mass is 9.66. The maximum atomic E-state index is 6.32. The summed E-state index contributed by atoms with van der Waals surface area (Å²) in [5.41, 5.74) is 2.48. The molecule has 2 aromatic rings. The summed E-state index contributed by atoms with van der Waals surface area (Å²) in [5.74, 6) is 2.23. The van der Waals surface area contributed by atoms with Gasteiger partial charge in [-0.15, -0.1) is 0 Å². The van der Waals surface area contributed by atoms with Crippen LogP contribution in [0, 0.1) is 0 Å². The zero-order valence-electron chi connectivity index (χ0n) is 23.9. The van der Waals surface area contributed by atoms with Crippen molar-refractivity contribution in [2.24, 2.45) is 0 Å². The molecule has 1 aromatic heterocycles. The summed E-state index contributed by atoms with van der Waals surface area (Å²) < 4.78 is 18.1. The summed E-state index contributed by atoms with van der Waals surface area (Å²) in [4.78, 5) is 4.42. The summed E-state index contributed by atoms with van der Waals surface area (Å²) in [5, 5.41) is 0.303. The van der Waals surface area contributed by atoms with E-state index in [4.69, 9.17) is 13.9 Å². The van der Waals surface area contributed by atoms with E-state index in [1.54, 1.807) is 7.11 Å². The van der Waals surface area contributed by atoms with E-state index in [0.717, 1.165) is 24.5 Å². The van der Waals surface area contributed by atoms with Crippen LogP contribution in [0.1, 0.15) is 96.1 Å². The number of benzene rings is 1. The lowest BCUT2D eigenvalue weighted by molar-refractivity contribution is 0.161. The molecule has 1 aliphatic heterocycles. The smallest absolute Gasteiger partial charge is 0.191 e. The predicted molar refractivity (Wildman–Crippen MR) is 153 cm³/mol. The van der Waals surface area contributed by atoms with E-state index in [2.05, 4.69) is 64.0 Å². The molecule has 1 aliphatic rings. The minimum absolute atomic E-state index is 0.0833. The quantitative estimate of drug-likeness (QED) is 0.199. The van der Waals surface area contributed by atoms with Crippen molar-refractivity contribution in [1.29, 1.82) is 0 Å². The first-order chi connectivity index (χ1) is 17.1. The van der Waals surface area contributed by atoms with Crippen molar-refractivity contribution in [3.05, 3.63) is 53.9 Å². The van der Waals surface area contributed by atoms with E-state index in [1.165, 1.54) is 56.1 Å². The number of pyridine rings is 1. The number of rotatable bonds is 13. The molecule has 1 aromatic carbocycles. The Morgan fingerprint density at radius 3 is 2.36 bits per heavy atom. The predicted octanol–water partition coefficient (Wildman–Crippen LogP) is 8.67. The van der Waals surface area contributed by atoms with E-state index < -0.39 is 8.32 Å². The molecule has 2 unspecified atom stereocenters. The molecular formula is C31H49NO3Si. The maximum Gasteiger partial charge on any atom is 0.191 e. The second-order valence-corrected chi connectivity index (χ2v) is 17.1. The van der Waals surface area contributed by atoms with Gasteiger partial charge in [-0.05, 0) is 54.2 Å². The van der Waals surface area contributed by atoms with Crippen LogP contribution >= 0.6 is 0 Å². The number of fused-ring (bicyclic) bond motifs is 1. The highest BCUT2D eigenvalue weighted by atomic mass is 28.4. The fraction of sp³-hybridized carbons (Fsp3) is 0.645. The molecule has 3 rings (SSSR count). The molecule has 0 aliphatic carbocycles. The van der Waals surface area contributed by atoms with Gasteiger partial charge in [0.25, 0.3) is 0 Å². The van der Waals surface area contributed by atoms with E-state index in [0.29, 0.717) is 17.6 Å². The largest absolute Gasteiger partial charge is 0.497 e. The first-order valence-corrected chi connectivity index (χ1v) is 16.8. The zero-order valence-corrected chi connectivity index (χ0v) is 24.9. The van der Waals surface area contributed by atoms with Gasteiger partial charge in [0.05, 0.1) is 13.7 Å². The average Bonchev–Trinajstić information content (AvgIpc) is 2.85. The van der Waals surface area contributed by atoms with Gasteiger partial charge in [-0.1, -0.05) is 78.4 Å². The van der Waals surface area contributed by atoms with Gasteiger partial charge >= 0.3 is 0 Å². The summed E-state index contributed by atoms with van der Waals surface area (Å²) >= 11 is 0. The average molecular weight is 512 g/mol. The van der Waals surface area contributed by atoms with Gasteiger partial charge < -0.3 is 13.9 Å². The van der Waals surface area contributed by atoms with Gasteiger partial charge in [0.1, 0.15) is 11.5 Å². The van der Waals surface area contributed by atoms with Gasteiger partial charge in [-0.25, -0.2) is 0 Å². The highest BCUT2D eigenvalue weighted by Gasteiger charge is 2.42. The number of methoxy groups -OCH3 is 1. The number of ether oxygens (including phenoxy) is 2. The normalized spacial score (nSPS) is 20.0. The van der Waals surface area contributed by atoms with Crippen molar-refractivity contribution in [2.75, 3.05) is 20.3 Å². The highest BCUT2D eigenvalue weighted by molar-refractivity contribution is 6.74. The number of hydrogen-bond donors (Lipinski definition) is 0. The minimum Gasteiger partial charge on any atom is -0.497 e. The number of nitrogens with zero attached hydrogens (tertiary/aromatic N) is 1. The van der Waals surface area contributed by atoms with Gasteiger partial charge in [-0.2, -0.15) is 0 Å². The molecule has 0 saturated heterocycles. The van der Waals surface area contributed by atoms with E-state index >= 15 is 0 Å². The molecular weight excluding hydrogens is 462 g/mol. The van der Waals surface area contributed by atoms with Crippen molar-refractivity contribution in [1.82, 2.24) is 4.98 Å². The molecule has 2 atom stereocenters. The molecule has 2 heterocycles. The molecule has 0 saturated carbocycles. The first-order valence-electron chi connectivity index (χ1n) is 13.9. The van der Waals surface area contributed by atoms with Crippen molar-refractivity contribution in [3.8, 4) is 11.5 Å². The Bertz CT molecular complexity index is 941. The van der Waals surface area contributed by atoms with Gasteiger partial charge in [0.15, 0.2) is 8.32 Å². The van der Waals surface area contributed by atoms with Crippen LogP contribution < -0.4 is 9.47 Å². The molecule has 0 fully saturated rings. The summed E-state index contributed by atoms with van der Waals surface area (Å²) in [7, 11) is 0.117. The van der Waals surface area contributed by atoms with Crippen LogP contribution in [0.4, 0.5) is 0 Å². The molecule has 0 spiro atoms. The molecule has 0 bridgehead atoms. The van der Waals surface area contributed by atoms with Crippen molar-refractivity contribution in [3.63, 3.8) is 0 Å². The fourth-order valence-corrected chi connectivity index (χ4v) is 6.15.